The molecular weight excluding hydrogens is 502 g/mol. The van der Waals surface area contributed by atoms with E-state index in [9.17, 15) is 14.9 Å². The number of nitrogens with zero attached hydrogens (tertiary/aromatic N) is 3. The molecule has 8 nitrogen and oxygen atoms in total. The molecule has 0 spiro atoms. The van der Waals surface area contributed by atoms with Crippen LogP contribution in [0.15, 0.2) is 82.1 Å². The van der Waals surface area contributed by atoms with Gasteiger partial charge in [0, 0.05) is 5.56 Å². The zero-order valence-electron chi connectivity index (χ0n) is 20.7. The van der Waals surface area contributed by atoms with Crippen molar-refractivity contribution in [3.63, 3.8) is 0 Å². The molecule has 0 saturated heterocycles. The molecule has 9 heteroatoms. The summed E-state index contributed by atoms with van der Waals surface area (Å²) >= 11 is 1.23. The predicted octanol–water partition coefficient (Wildman–Crippen LogP) is 4.24. The number of benzene rings is 3. The van der Waals surface area contributed by atoms with Crippen LogP contribution in [0, 0.1) is 10.1 Å². The van der Waals surface area contributed by atoms with Crippen LogP contribution in [0.5, 0.6) is 11.5 Å². The van der Waals surface area contributed by atoms with E-state index in [-0.39, 0.29) is 28.6 Å². The number of nitro groups is 1. The molecule has 2 aliphatic rings. The van der Waals surface area contributed by atoms with E-state index in [1.54, 1.807) is 10.6 Å². The molecule has 0 fully saturated rings. The summed E-state index contributed by atoms with van der Waals surface area (Å²) in [6, 6.07) is 20.7. The van der Waals surface area contributed by atoms with Crippen LogP contribution in [0.4, 0.5) is 5.69 Å². The molecule has 1 atom stereocenters. The zero-order chi connectivity index (χ0) is 26.4. The molecule has 2 heterocycles. The number of nitro benzene ring substituents is 1. The van der Waals surface area contributed by atoms with Crippen molar-refractivity contribution in [3.8, 4) is 11.5 Å². The van der Waals surface area contributed by atoms with Crippen LogP contribution < -0.4 is 24.4 Å². The molecular formula is C29H23N3O5S. The third-order valence-electron chi connectivity index (χ3n) is 7.00. The number of aromatic nitrogens is 1. The second kappa shape index (κ2) is 9.42. The monoisotopic (exact) mass is 525 g/mol. The Kier molecular flexibility index (Phi) is 5.92. The number of fused-ring (bicyclic) bond motifs is 3. The van der Waals surface area contributed by atoms with E-state index in [2.05, 4.69) is 12.1 Å². The highest BCUT2D eigenvalue weighted by atomic mass is 32.1. The van der Waals surface area contributed by atoms with Crippen LogP contribution in [-0.4, -0.2) is 23.7 Å². The first-order chi connectivity index (χ1) is 18.5. The lowest BCUT2D eigenvalue weighted by molar-refractivity contribution is -0.385. The molecule has 0 saturated carbocycles. The second-order valence-corrected chi connectivity index (χ2v) is 10.1. The van der Waals surface area contributed by atoms with Gasteiger partial charge in [0.2, 0.25) is 0 Å². The van der Waals surface area contributed by atoms with Gasteiger partial charge in [-0.25, -0.2) is 4.99 Å². The standard InChI is InChI=1S/C29H23N3O5S/c1-36-23-14-19(22(32(34)35)16-24(23)37-2)15-25-28(33)31-27(18-9-4-3-5-10-18)21-13-12-17-8-6-7-11-20(17)26(21)30-29(31)38-25/h3-11,14-16,27H,12-13H2,1-2H3/b25-15-/t27-/m1/s1. The normalized spacial score (nSPS) is 16.3. The summed E-state index contributed by atoms with van der Waals surface area (Å²) < 4.78 is 12.7. The molecule has 0 radical (unpaired) electrons. The first kappa shape index (κ1) is 23.9. The quantitative estimate of drug-likeness (QED) is 0.287. The summed E-state index contributed by atoms with van der Waals surface area (Å²) in [5.74, 6) is 0.583. The lowest BCUT2D eigenvalue weighted by atomic mass is 9.83. The minimum atomic E-state index is -0.493. The van der Waals surface area contributed by atoms with Gasteiger partial charge in [-0.1, -0.05) is 65.9 Å². The van der Waals surface area contributed by atoms with E-state index in [0.717, 1.165) is 35.2 Å². The van der Waals surface area contributed by atoms with Gasteiger partial charge in [-0.3, -0.25) is 19.5 Å². The maximum atomic E-state index is 13.9. The average molecular weight is 526 g/mol. The SMILES string of the molecule is COc1cc(/C=c2\sc3n(c2=O)[C@H](c2ccccc2)C2=C(N=3)c3ccccc3CC2)c([N+](=O)[O-])cc1OC. The molecule has 0 bridgehead atoms. The fraction of sp³-hybridized carbons (Fsp3) is 0.172. The molecule has 4 aromatic rings. The number of ether oxygens (including phenoxy) is 2. The number of aryl methyl sites for hydroxylation is 1. The Bertz CT molecular complexity index is 1800. The van der Waals surface area contributed by atoms with Gasteiger partial charge in [0.1, 0.15) is 0 Å². The van der Waals surface area contributed by atoms with Crippen molar-refractivity contribution in [2.45, 2.75) is 18.9 Å². The van der Waals surface area contributed by atoms with Crippen molar-refractivity contribution in [2.24, 2.45) is 4.99 Å². The van der Waals surface area contributed by atoms with E-state index in [4.69, 9.17) is 14.5 Å². The van der Waals surface area contributed by atoms with Crippen LogP contribution in [0.3, 0.4) is 0 Å². The third kappa shape index (κ3) is 3.83. The van der Waals surface area contributed by atoms with E-state index in [0.29, 0.717) is 15.1 Å². The lowest BCUT2D eigenvalue weighted by Gasteiger charge is -2.30. The number of allylic oxidation sites excluding steroid dienone is 1. The number of rotatable bonds is 5. The highest BCUT2D eigenvalue weighted by molar-refractivity contribution is 7.07. The first-order valence-corrected chi connectivity index (χ1v) is 12.9. The minimum absolute atomic E-state index is 0.179. The van der Waals surface area contributed by atoms with Crippen molar-refractivity contribution < 1.29 is 14.4 Å². The van der Waals surface area contributed by atoms with Gasteiger partial charge < -0.3 is 9.47 Å². The van der Waals surface area contributed by atoms with E-state index < -0.39 is 4.92 Å². The number of hydrogen-bond donors (Lipinski definition) is 0. The molecule has 3 aromatic carbocycles. The van der Waals surface area contributed by atoms with Gasteiger partial charge in [0.15, 0.2) is 16.3 Å². The fourth-order valence-corrected chi connectivity index (χ4v) is 6.25. The Hall–Kier alpha value is -4.50. The topological polar surface area (TPSA) is 96.0 Å². The minimum Gasteiger partial charge on any atom is -0.493 e. The van der Waals surface area contributed by atoms with Crippen LogP contribution in [0.1, 0.15) is 34.7 Å². The Morgan fingerprint density at radius 1 is 1.03 bits per heavy atom. The maximum absolute atomic E-state index is 13.9. The van der Waals surface area contributed by atoms with Crippen LogP contribution in [0.2, 0.25) is 0 Å². The van der Waals surface area contributed by atoms with Crippen molar-refractivity contribution in [1.82, 2.24) is 4.57 Å². The molecule has 0 unspecified atom stereocenters. The van der Waals surface area contributed by atoms with Gasteiger partial charge in [0.25, 0.3) is 11.2 Å². The second-order valence-electron chi connectivity index (χ2n) is 9.05. The predicted molar refractivity (Wildman–Crippen MR) is 145 cm³/mol. The summed E-state index contributed by atoms with van der Waals surface area (Å²) in [5.41, 5.74) is 5.17. The van der Waals surface area contributed by atoms with Crippen molar-refractivity contribution >= 4 is 28.8 Å². The van der Waals surface area contributed by atoms with E-state index >= 15 is 0 Å². The first-order valence-electron chi connectivity index (χ1n) is 12.1. The Morgan fingerprint density at radius 2 is 1.74 bits per heavy atom. The molecule has 1 aromatic heterocycles. The van der Waals surface area contributed by atoms with Gasteiger partial charge in [-0.2, -0.15) is 0 Å². The molecule has 0 amide bonds. The fourth-order valence-electron chi connectivity index (χ4n) is 5.26. The summed E-state index contributed by atoms with van der Waals surface area (Å²) in [6.45, 7) is 0. The largest absolute Gasteiger partial charge is 0.493 e. The highest BCUT2D eigenvalue weighted by Gasteiger charge is 2.32. The van der Waals surface area contributed by atoms with Gasteiger partial charge >= 0.3 is 0 Å². The third-order valence-corrected chi connectivity index (χ3v) is 7.99. The van der Waals surface area contributed by atoms with Crippen molar-refractivity contribution in [1.29, 1.82) is 0 Å². The highest BCUT2D eigenvalue weighted by Crippen LogP contribution is 2.41. The van der Waals surface area contributed by atoms with Crippen molar-refractivity contribution in [2.75, 3.05) is 14.2 Å². The Morgan fingerprint density at radius 3 is 2.47 bits per heavy atom. The van der Waals surface area contributed by atoms with E-state index in [1.165, 1.54) is 43.3 Å². The van der Waals surface area contributed by atoms with Crippen LogP contribution in [-0.2, 0) is 6.42 Å². The molecule has 1 aliphatic heterocycles. The van der Waals surface area contributed by atoms with E-state index in [1.807, 2.05) is 42.5 Å². The summed E-state index contributed by atoms with van der Waals surface area (Å²) in [7, 11) is 2.88. The van der Waals surface area contributed by atoms with Crippen LogP contribution >= 0.6 is 11.3 Å². The summed E-state index contributed by atoms with van der Waals surface area (Å²) in [4.78, 5) is 30.8. The van der Waals surface area contributed by atoms with Crippen molar-refractivity contribution in [3.05, 3.63) is 124 Å². The number of thiazole rings is 1. The van der Waals surface area contributed by atoms with Gasteiger partial charge in [0.05, 0.1) is 47.0 Å². The molecule has 190 valence electrons. The molecule has 0 N–H and O–H groups in total. The molecule has 1 aliphatic carbocycles. The molecule has 6 rings (SSSR count). The Labute approximate surface area is 221 Å². The average Bonchev–Trinajstić information content (AvgIpc) is 3.25. The summed E-state index contributed by atoms with van der Waals surface area (Å²) in [6.07, 6.45) is 3.21. The zero-order valence-corrected chi connectivity index (χ0v) is 21.5. The Balaban J connectivity index is 1.62. The smallest absolute Gasteiger partial charge is 0.280 e. The van der Waals surface area contributed by atoms with Gasteiger partial charge in [-0.05, 0) is 41.7 Å². The lowest BCUT2D eigenvalue weighted by Crippen LogP contribution is -2.38. The summed E-state index contributed by atoms with van der Waals surface area (Å²) in [5, 5.41) is 11.9. The molecule has 38 heavy (non-hydrogen) atoms. The number of methoxy groups -OCH3 is 2. The number of hydrogen-bond acceptors (Lipinski definition) is 7. The van der Waals surface area contributed by atoms with Crippen LogP contribution in [0.25, 0.3) is 11.8 Å². The maximum Gasteiger partial charge on any atom is 0.280 e. The van der Waals surface area contributed by atoms with Gasteiger partial charge in [-0.15, -0.1) is 0 Å².